The minimum absolute atomic E-state index is 0.204. The molecule has 2 atom stereocenters. The van der Waals surface area contributed by atoms with Crippen LogP contribution in [0.2, 0.25) is 10.0 Å². The van der Waals surface area contributed by atoms with Gasteiger partial charge >= 0.3 is 0 Å². The summed E-state index contributed by atoms with van der Waals surface area (Å²) in [7, 11) is 3.24. The molecule has 0 amide bonds. The van der Waals surface area contributed by atoms with Gasteiger partial charge in [0.25, 0.3) is 0 Å². The molecule has 0 unspecified atom stereocenters. The Morgan fingerprint density at radius 1 is 0.795 bits per heavy atom. The van der Waals surface area contributed by atoms with Crippen LogP contribution in [-0.4, -0.2) is 30.7 Å². The number of rotatable bonds is 7. The number of hydrogen-bond donors (Lipinski definition) is 2. The third-order valence-corrected chi connectivity index (χ3v) is 8.00. The van der Waals surface area contributed by atoms with Gasteiger partial charge in [0, 0.05) is 45.5 Å². The molecule has 0 bridgehead atoms. The number of methoxy groups -OCH3 is 2. The van der Waals surface area contributed by atoms with Crippen molar-refractivity contribution in [2.75, 3.05) is 20.8 Å². The Kier molecular flexibility index (Phi) is 8.38. The Morgan fingerprint density at radius 2 is 1.36 bits per heavy atom. The molecule has 5 rings (SSSR count). The molecule has 2 aromatic carbocycles. The minimum Gasteiger partial charge on any atom is -0.481 e. The third kappa shape index (κ3) is 5.48. The maximum atomic E-state index is 7.03. The van der Waals surface area contributed by atoms with Gasteiger partial charge in [0.05, 0.1) is 35.7 Å². The van der Waals surface area contributed by atoms with Gasteiger partial charge in [-0.15, -0.1) is 0 Å². The normalized spacial score (nSPS) is 16.1. The van der Waals surface area contributed by atoms with Crippen molar-refractivity contribution in [1.82, 2.24) is 15.3 Å². The molecule has 6 nitrogen and oxygen atoms in total. The largest absolute Gasteiger partial charge is 0.481 e. The number of nitrogens with two attached hydrogens (primary N) is 1. The zero-order valence-electron chi connectivity index (χ0n) is 22.3. The first kappa shape index (κ1) is 27.4. The molecule has 1 aliphatic rings. The van der Waals surface area contributed by atoms with Crippen molar-refractivity contribution in [3.05, 3.63) is 81.8 Å². The fraction of sp³-hybridized carbons (Fsp3) is 0.290. The molecule has 0 radical (unpaired) electrons. The highest BCUT2D eigenvalue weighted by atomic mass is 35.5. The molecule has 0 spiro atoms. The maximum Gasteiger partial charge on any atom is 0.218 e. The Hall–Kier alpha value is -3.16. The molecule has 1 fully saturated rings. The lowest BCUT2D eigenvalue weighted by molar-refractivity contribution is 0.363. The number of nitrogens with one attached hydrogen (secondary N) is 1. The Balaban J connectivity index is 1.54. The molecule has 3 heterocycles. The summed E-state index contributed by atoms with van der Waals surface area (Å²) in [5.41, 5.74) is 12.6. The molecule has 8 heteroatoms. The fourth-order valence-electron chi connectivity index (χ4n) is 5.13. The van der Waals surface area contributed by atoms with Gasteiger partial charge in [-0.2, -0.15) is 0 Å². The highest BCUT2D eigenvalue weighted by Crippen LogP contribution is 2.43. The molecule has 202 valence electrons. The topological polar surface area (TPSA) is 82.3 Å². The van der Waals surface area contributed by atoms with Gasteiger partial charge in [0.2, 0.25) is 11.8 Å². The summed E-state index contributed by atoms with van der Waals surface area (Å²) in [4.78, 5) is 9.53. The maximum absolute atomic E-state index is 7.03. The summed E-state index contributed by atoms with van der Waals surface area (Å²) >= 11 is 14.0. The van der Waals surface area contributed by atoms with Crippen LogP contribution in [0.4, 0.5) is 0 Å². The van der Waals surface area contributed by atoms with E-state index < -0.39 is 0 Å². The van der Waals surface area contributed by atoms with E-state index >= 15 is 0 Å². The van der Waals surface area contributed by atoms with E-state index in [1.807, 2.05) is 61.5 Å². The van der Waals surface area contributed by atoms with Crippen LogP contribution in [0.5, 0.6) is 11.8 Å². The van der Waals surface area contributed by atoms with E-state index in [0.717, 1.165) is 52.0 Å². The van der Waals surface area contributed by atoms with Gasteiger partial charge < -0.3 is 20.5 Å². The number of ether oxygens (including phenoxy) is 2. The van der Waals surface area contributed by atoms with Crippen molar-refractivity contribution in [3.8, 4) is 45.4 Å². The molecular weight excluding hydrogens is 531 g/mol. The van der Waals surface area contributed by atoms with Gasteiger partial charge in [0.15, 0.2) is 0 Å². The molecule has 4 aromatic rings. The standard InChI is InChI=1S/C31H32Cl2N4O2/c1-18(34)19-13-15-26(36-30(19)38-2)22-10-6-8-20(28(22)32)21-9-7-11-23(29(21)33)27-16-14-24(31(37-27)39-3)25-12-4-5-17-35-25/h6-11,13-16,18,25,35H,4-5,12,17,34H2,1-3H3/t18-,25-/m0/s1. The first-order valence-corrected chi connectivity index (χ1v) is 13.9. The predicted octanol–water partition coefficient (Wildman–Crippen LogP) is 7.64. The Bertz CT molecular complexity index is 1490. The number of piperidine rings is 1. The van der Waals surface area contributed by atoms with Crippen LogP contribution >= 0.6 is 23.2 Å². The van der Waals surface area contributed by atoms with Crippen molar-refractivity contribution in [1.29, 1.82) is 0 Å². The van der Waals surface area contributed by atoms with Crippen molar-refractivity contribution < 1.29 is 9.47 Å². The number of pyridine rings is 2. The summed E-state index contributed by atoms with van der Waals surface area (Å²) in [5.74, 6) is 1.10. The second kappa shape index (κ2) is 11.9. The SMILES string of the molecule is COc1nc(-c2cccc(-c3cccc(-c4ccc([C@@H]5CCCCN5)c(OC)n4)c3Cl)c2Cl)ccc1[C@H](C)N. The molecule has 0 saturated carbocycles. The van der Waals surface area contributed by atoms with Gasteiger partial charge in [-0.05, 0) is 50.6 Å². The fourth-order valence-corrected chi connectivity index (χ4v) is 5.78. The van der Waals surface area contributed by atoms with E-state index in [1.165, 1.54) is 12.8 Å². The number of hydrogen-bond acceptors (Lipinski definition) is 6. The van der Waals surface area contributed by atoms with E-state index in [9.17, 15) is 0 Å². The van der Waals surface area contributed by atoms with Gasteiger partial charge in [-0.25, -0.2) is 9.97 Å². The first-order chi connectivity index (χ1) is 18.9. The van der Waals surface area contributed by atoms with Crippen LogP contribution in [0.1, 0.15) is 49.4 Å². The number of nitrogens with zero attached hydrogens (tertiary/aromatic N) is 2. The van der Waals surface area contributed by atoms with E-state index in [4.69, 9.17) is 43.4 Å². The molecule has 1 aliphatic heterocycles. The van der Waals surface area contributed by atoms with Gasteiger partial charge in [-0.1, -0.05) is 66.0 Å². The van der Waals surface area contributed by atoms with E-state index in [0.29, 0.717) is 27.5 Å². The Morgan fingerprint density at radius 3 is 1.90 bits per heavy atom. The number of aromatic nitrogens is 2. The molecular formula is C31H32Cl2N4O2. The van der Waals surface area contributed by atoms with Crippen molar-refractivity contribution in [2.24, 2.45) is 5.73 Å². The number of halogens is 2. The van der Waals surface area contributed by atoms with E-state index in [2.05, 4.69) is 16.4 Å². The lowest BCUT2D eigenvalue weighted by Crippen LogP contribution is -2.27. The predicted molar refractivity (Wildman–Crippen MR) is 159 cm³/mol. The average molecular weight is 564 g/mol. The summed E-state index contributed by atoms with van der Waals surface area (Å²) in [6.45, 7) is 2.90. The summed E-state index contributed by atoms with van der Waals surface area (Å²) in [5, 5.41) is 4.68. The monoisotopic (exact) mass is 562 g/mol. The summed E-state index contributed by atoms with van der Waals surface area (Å²) in [6.07, 6.45) is 3.45. The number of benzene rings is 2. The third-order valence-electron chi connectivity index (χ3n) is 7.18. The van der Waals surface area contributed by atoms with Crippen molar-refractivity contribution in [3.63, 3.8) is 0 Å². The molecule has 0 aliphatic carbocycles. The van der Waals surface area contributed by atoms with E-state index in [-0.39, 0.29) is 12.1 Å². The zero-order chi connectivity index (χ0) is 27.5. The van der Waals surface area contributed by atoms with Gasteiger partial charge in [0.1, 0.15) is 0 Å². The highest BCUT2D eigenvalue weighted by molar-refractivity contribution is 6.39. The van der Waals surface area contributed by atoms with Gasteiger partial charge in [-0.3, -0.25) is 0 Å². The molecule has 3 N–H and O–H groups in total. The lowest BCUT2D eigenvalue weighted by Gasteiger charge is -2.25. The van der Waals surface area contributed by atoms with Crippen LogP contribution in [0.25, 0.3) is 33.6 Å². The smallest absolute Gasteiger partial charge is 0.218 e. The second-order valence-corrected chi connectivity index (χ2v) is 10.5. The van der Waals surface area contributed by atoms with E-state index in [1.54, 1.807) is 14.2 Å². The molecule has 39 heavy (non-hydrogen) atoms. The first-order valence-electron chi connectivity index (χ1n) is 13.1. The second-order valence-electron chi connectivity index (χ2n) is 9.72. The summed E-state index contributed by atoms with van der Waals surface area (Å²) in [6, 6.07) is 19.7. The average Bonchev–Trinajstić information content (AvgIpc) is 2.97. The van der Waals surface area contributed by atoms with Crippen molar-refractivity contribution in [2.45, 2.75) is 38.3 Å². The van der Waals surface area contributed by atoms with Crippen LogP contribution in [0.3, 0.4) is 0 Å². The lowest BCUT2D eigenvalue weighted by atomic mass is 9.96. The summed E-state index contributed by atoms with van der Waals surface area (Å²) < 4.78 is 11.2. The zero-order valence-corrected chi connectivity index (χ0v) is 23.8. The molecule has 2 aromatic heterocycles. The van der Waals surface area contributed by atoms with Crippen LogP contribution in [-0.2, 0) is 0 Å². The highest BCUT2D eigenvalue weighted by Gasteiger charge is 2.22. The van der Waals surface area contributed by atoms with Crippen LogP contribution < -0.4 is 20.5 Å². The quantitative estimate of drug-likeness (QED) is 0.241. The Labute approximate surface area is 239 Å². The van der Waals surface area contributed by atoms with Crippen LogP contribution in [0.15, 0.2) is 60.7 Å². The minimum atomic E-state index is -0.204. The van der Waals surface area contributed by atoms with Crippen molar-refractivity contribution >= 4 is 23.2 Å². The van der Waals surface area contributed by atoms with Crippen LogP contribution in [0, 0.1) is 0 Å². The molecule has 1 saturated heterocycles.